The maximum atomic E-state index is 4.11. The lowest BCUT2D eigenvalue weighted by Crippen LogP contribution is -2.17. The quantitative estimate of drug-likeness (QED) is 0.850. The van der Waals surface area contributed by atoms with Crippen LogP contribution >= 0.6 is 0 Å². The van der Waals surface area contributed by atoms with Gasteiger partial charge in [-0.1, -0.05) is 32.0 Å². The fourth-order valence-corrected chi connectivity index (χ4v) is 1.83. The van der Waals surface area contributed by atoms with Gasteiger partial charge >= 0.3 is 0 Å². The molecule has 0 spiro atoms. The number of anilines is 1. The zero-order valence-corrected chi connectivity index (χ0v) is 9.77. The van der Waals surface area contributed by atoms with Crippen LogP contribution in [0.3, 0.4) is 0 Å². The molecular weight excluding hydrogens is 198 g/mol. The summed E-state index contributed by atoms with van der Waals surface area (Å²) in [6.07, 6.45) is 4.04. The van der Waals surface area contributed by atoms with E-state index in [0.29, 0.717) is 6.04 Å². The van der Waals surface area contributed by atoms with Gasteiger partial charge in [0.25, 0.3) is 0 Å². The molecule has 0 aliphatic rings. The Labute approximate surface area is 95.9 Å². The summed E-state index contributed by atoms with van der Waals surface area (Å²) in [6.45, 7) is 4.38. The molecule has 0 aliphatic carbocycles. The van der Waals surface area contributed by atoms with Crippen molar-refractivity contribution in [3.05, 3.63) is 30.5 Å². The Kier molecular flexibility index (Phi) is 3.34. The maximum absolute atomic E-state index is 4.11. The van der Waals surface area contributed by atoms with Gasteiger partial charge in [-0.25, -0.2) is 0 Å². The summed E-state index contributed by atoms with van der Waals surface area (Å²) in [5.74, 6) is 0. The third-order valence-electron chi connectivity index (χ3n) is 2.89. The molecule has 0 fully saturated rings. The molecule has 0 saturated carbocycles. The smallest absolute Gasteiger partial charge is 0.0950 e. The Morgan fingerprint density at radius 2 is 1.94 bits per heavy atom. The highest BCUT2D eigenvalue weighted by atomic mass is 15.1. The van der Waals surface area contributed by atoms with E-state index >= 15 is 0 Å². The number of nitrogens with zero attached hydrogens (tertiary/aromatic N) is 2. The molecule has 0 aliphatic heterocycles. The SMILES string of the molecule is CCC(CC)Nc1cnnc2ccccc12. The molecule has 0 bridgehead atoms. The second kappa shape index (κ2) is 4.92. The zero-order chi connectivity index (χ0) is 11.4. The summed E-state index contributed by atoms with van der Waals surface area (Å²) in [4.78, 5) is 0. The fourth-order valence-electron chi connectivity index (χ4n) is 1.83. The van der Waals surface area contributed by atoms with E-state index in [1.165, 1.54) is 0 Å². The van der Waals surface area contributed by atoms with Crippen molar-refractivity contribution in [3.8, 4) is 0 Å². The second-order valence-corrected chi connectivity index (χ2v) is 3.93. The summed E-state index contributed by atoms with van der Waals surface area (Å²) in [5, 5.41) is 12.8. The predicted octanol–water partition coefficient (Wildman–Crippen LogP) is 3.23. The summed E-state index contributed by atoms with van der Waals surface area (Å²) < 4.78 is 0. The number of nitrogens with one attached hydrogen (secondary N) is 1. The first-order valence-corrected chi connectivity index (χ1v) is 5.82. The Balaban J connectivity index is 2.36. The molecule has 1 heterocycles. The van der Waals surface area contributed by atoms with Gasteiger partial charge in [-0.3, -0.25) is 0 Å². The van der Waals surface area contributed by atoms with E-state index in [1.54, 1.807) is 6.20 Å². The lowest BCUT2D eigenvalue weighted by Gasteiger charge is -2.16. The average Bonchev–Trinajstić information content (AvgIpc) is 2.36. The second-order valence-electron chi connectivity index (χ2n) is 3.93. The number of benzene rings is 1. The standard InChI is InChI=1S/C13H17N3/c1-3-10(4-2)15-13-9-14-16-12-8-6-5-7-11(12)13/h5-10H,3-4H2,1-2H3,(H,15,16). The average molecular weight is 215 g/mol. The van der Waals surface area contributed by atoms with E-state index in [1.807, 2.05) is 18.2 Å². The molecule has 2 rings (SSSR count). The Morgan fingerprint density at radius 3 is 2.69 bits per heavy atom. The van der Waals surface area contributed by atoms with Crippen molar-refractivity contribution in [1.29, 1.82) is 0 Å². The largest absolute Gasteiger partial charge is 0.380 e. The summed E-state index contributed by atoms with van der Waals surface area (Å²) in [7, 11) is 0. The van der Waals surface area contributed by atoms with E-state index in [4.69, 9.17) is 0 Å². The normalized spacial score (nSPS) is 10.9. The van der Waals surface area contributed by atoms with E-state index in [-0.39, 0.29) is 0 Å². The van der Waals surface area contributed by atoms with E-state index in [9.17, 15) is 0 Å². The Hall–Kier alpha value is -1.64. The molecule has 16 heavy (non-hydrogen) atoms. The van der Waals surface area contributed by atoms with Gasteiger partial charge in [-0.15, -0.1) is 0 Å². The lowest BCUT2D eigenvalue weighted by molar-refractivity contribution is 0.672. The van der Waals surface area contributed by atoms with Crippen LogP contribution in [0.2, 0.25) is 0 Å². The van der Waals surface area contributed by atoms with Crippen LogP contribution in [0.15, 0.2) is 30.5 Å². The van der Waals surface area contributed by atoms with Gasteiger partial charge in [-0.05, 0) is 18.9 Å². The molecule has 84 valence electrons. The van der Waals surface area contributed by atoms with Gasteiger partial charge in [0.2, 0.25) is 0 Å². The van der Waals surface area contributed by atoms with Crippen molar-refractivity contribution in [3.63, 3.8) is 0 Å². The molecule has 2 aromatic rings. The Morgan fingerprint density at radius 1 is 1.19 bits per heavy atom. The number of fused-ring (bicyclic) bond motifs is 1. The van der Waals surface area contributed by atoms with E-state index < -0.39 is 0 Å². The van der Waals surface area contributed by atoms with Crippen molar-refractivity contribution >= 4 is 16.6 Å². The molecule has 0 saturated heterocycles. The number of aromatic nitrogens is 2. The van der Waals surface area contributed by atoms with Crippen LogP contribution in [0, 0.1) is 0 Å². The van der Waals surface area contributed by atoms with Crippen molar-refractivity contribution < 1.29 is 0 Å². The third-order valence-corrected chi connectivity index (χ3v) is 2.89. The number of hydrogen-bond donors (Lipinski definition) is 1. The molecule has 0 atom stereocenters. The van der Waals surface area contributed by atoms with Gasteiger partial charge in [0.15, 0.2) is 0 Å². The van der Waals surface area contributed by atoms with Gasteiger partial charge < -0.3 is 5.32 Å². The van der Waals surface area contributed by atoms with Gasteiger partial charge in [0.05, 0.1) is 17.4 Å². The monoisotopic (exact) mass is 215 g/mol. The molecule has 0 radical (unpaired) electrons. The van der Waals surface area contributed by atoms with Crippen LogP contribution in [0.4, 0.5) is 5.69 Å². The summed E-state index contributed by atoms with van der Waals surface area (Å²) in [5.41, 5.74) is 2.03. The first-order valence-electron chi connectivity index (χ1n) is 5.82. The lowest BCUT2D eigenvalue weighted by atomic mass is 10.1. The topological polar surface area (TPSA) is 37.8 Å². The fraction of sp³-hybridized carbons (Fsp3) is 0.385. The minimum absolute atomic E-state index is 0.507. The van der Waals surface area contributed by atoms with Crippen LogP contribution in [0.1, 0.15) is 26.7 Å². The summed E-state index contributed by atoms with van der Waals surface area (Å²) >= 11 is 0. The molecule has 0 amide bonds. The predicted molar refractivity (Wildman–Crippen MR) is 67.5 cm³/mol. The number of rotatable bonds is 4. The third kappa shape index (κ3) is 2.13. The van der Waals surface area contributed by atoms with Crippen LogP contribution in [-0.2, 0) is 0 Å². The minimum atomic E-state index is 0.507. The van der Waals surface area contributed by atoms with Crippen LogP contribution in [0.5, 0.6) is 0 Å². The van der Waals surface area contributed by atoms with Gasteiger partial charge in [0, 0.05) is 11.4 Å². The van der Waals surface area contributed by atoms with Gasteiger partial charge in [-0.2, -0.15) is 10.2 Å². The maximum Gasteiger partial charge on any atom is 0.0950 e. The molecule has 0 unspecified atom stereocenters. The first kappa shape index (κ1) is 10.9. The highest BCUT2D eigenvalue weighted by Crippen LogP contribution is 2.21. The number of hydrogen-bond acceptors (Lipinski definition) is 3. The first-order chi connectivity index (χ1) is 7.85. The summed E-state index contributed by atoms with van der Waals surface area (Å²) in [6, 6.07) is 8.59. The van der Waals surface area contributed by atoms with Crippen LogP contribution < -0.4 is 5.32 Å². The highest BCUT2D eigenvalue weighted by molar-refractivity contribution is 5.90. The molecule has 1 N–H and O–H groups in total. The van der Waals surface area contributed by atoms with Gasteiger partial charge in [0.1, 0.15) is 0 Å². The highest BCUT2D eigenvalue weighted by Gasteiger charge is 2.06. The minimum Gasteiger partial charge on any atom is -0.380 e. The van der Waals surface area contributed by atoms with Crippen LogP contribution in [0.25, 0.3) is 10.9 Å². The molecular formula is C13H17N3. The van der Waals surface area contributed by atoms with E-state index in [2.05, 4.69) is 35.4 Å². The van der Waals surface area contributed by atoms with Crippen molar-refractivity contribution in [1.82, 2.24) is 10.2 Å². The zero-order valence-electron chi connectivity index (χ0n) is 9.77. The Bertz CT molecular complexity index is 458. The molecule has 3 nitrogen and oxygen atoms in total. The molecule has 3 heteroatoms. The molecule has 1 aromatic heterocycles. The van der Waals surface area contributed by atoms with E-state index in [0.717, 1.165) is 29.4 Å². The van der Waals surface area contributed by atoms with Crippen molar-refractivity contribution in [2.45, 2.75) is 32.7 Å². The van der Waals surface area contributed by atoms with Crippen molar-refractivity contribution in [2.75, 3.05) is 5.32 Å². The molecule has 1 aromatic carbocycles. The van der Waals surface area contributed by atoms with Crippen LogP contribution in [-0.4, -0.2) is 16.2 Å². The van der Waals surface area contributed by atoms with Crippen molar-refractivity contribution in [2.24, 2.45) is 0 Å².